The Hall–Kier alpha value is -3.13. The molecule has 0 unspecified atom stereocenters. The minimum absolute atomic E-state index is 0.0205. The lowest BCUT2D eigenvalue weighted by atomic mass is 10.2. The van der Waals surface area contributed by atoms with E-state index in [0.29, 0.717) is 18.7 Å². The Morgan fingerprint density at radius 1 is 1.13 bits per heavy atom. The van der Waals surface area contributed by atoms with E-state index in [1.165, 1.54) is 17.0 Å². The minimum Gasteiger partial charge on any atom is -0.452 e. The lowest BCUT2D eigenvalue weighted by molar-refractivity contribution is -0.133. The third-order valence-electron chi connectivity index (χ3n) is 4.55. The van der Waals surface area contributed by atoms with Crippen LogP contribution in [0.25, 0.3) is 0 Å². The van der Waals surface area contributed by atoms with Crippen LogP contribution in [0.1, 0.15) is 35.3 Å². The number of ether oxygens (including phenoxy) is 1. The van der Waals surface area contributed by atoms with Gasteiger partial charge in [-0.05, 0) is 57.0 Å². The standard InChI is InChI=1S/C23H28N2O5S/c1-6-25(14-16(2)3)22(26)15-30-23(27)19-9-7-8-10-20(19)24-31(28,29)21-13-17(4)11-12-18(21)5/h7-13,24H,2,6,14-15H2,1,3-5H3. The van der Waals surface area contributed by atoms with Gasteiger partial charge in [-0.2, -0.15) is 0 Å². The number of anilines is 1. The van der Waals surface area contributed by atoms with Crippen molar-refractivity contribution < 1.29 is 22.7 Å². The number of benzene rings is 2. The highest BCUT2D eigenvalue weighted by molar-refractivity contribution is 7.92. The first-order valence-electron chi connectivity index (χ1n) is 9.83. The van der Waals surface area contributed by atoms with Crippen LogP contribution >= 0.6 is 0 Å². The van der Waals surface area contributed by atoms with E-state index < -0.39 is 22.6 Å². The number of likely N-dealkylation sites (N-methyl/N-ethyl adjacent to an activating group) is 1. The van der Waals surface area contributed by atoms with E-state index in [4.69, 9.17) is 4.74 Å². The number of nitrogens with one attached hydrogen (secondary N) is 1. The number of para-hydroxylation sites is 1. The molecule has 2 rings (SSSR count). The van der Waals surface area contributed by atoms with Crippen LogP contribution in [0.4, 0.5) is 5.69 Å². The maximum Gasteiger partial charge on any atom is 0.340 e. The summed E-state index contributed by atoms with van der Waals surface area (Å²) < 4.78 is 33.5. The molecule has 0 aliphatic carbocycles. The second-order valence-corrected chi connectivity index (χ2v) is 9.01. The lowest BCUT2D eigenvalue weighted by Gasteiger charge is -2.21. The molecular weight excluding hydrogens is 416 g/mol. The van der Waals surface area contributed by atoms with Gasteiger partial charge >= 0.3 is 5.97 Å². The van der Waals surface area contributed by atoms with Crippen LogP contribution in [0.5, 0.6) is 0 Å². The monoisotopic (exact) mass is 444 g/mol. The molecule has 0 spiro atoms. The Balaban J connectivity index is 2.20. The van der Waals surface area contributed by atoms with Gasteiger partial charge in [0.25, 0.3) is 15.9 Å². The predicted molar refractivity (Wildman–Crippen MR) is 121 cm³/mol. The maximum atomic E-state index is 12.9. The zero-order valence-electron chi connectivity index (χ0n) is 18.3. The van der Waals surface area contributed by atoms with Gasteiger partial charge in [0.2, 0.25) is 0 Å². The summed E-state index contributed by atoms with van der Waals surface area (Å²) in [6, 6.07) is 11.2. The minimum atomic E-state index is -3.93. The van der Waals surface area contributed by atoms with Crippen LogP contribution < -0.4 is 4.72 Å². The molecule has 0 aliphatic rings. The molecule has 31 heavy (non-hydrogen) atoms. The van der Waals surface area contributed by atoms with Crippen molar-refractivity contribution >= 4 is 27.6 Å². The van der Waals surface area contributed by atoms with Gasteiger partial charge in [0, 0.05) is 13.1 Å². The smallest absolute Gasteiger partial charge is 0.340 e. The molecule has 1 N–H and O–H groups in total. The Morgan fingerprint density at radius 2 is 1.81 bits per heavy atom. The van der Waals surface area contributed by atoms with E-state index >= 15 is 0 Å². The fourth-order valence-electron chi connectivity index (χ4n) is 2.95. The Labute approximate surface area is 183 Å². The molecule has 0 fully saturated rings. The number of carbonyl (C=O) groups excluding carboxylic acids is 2. The summed E-state index contributed by atoms with van der Waals surface area (Å²) in [6.45, 7) is 11.3. The molecule has 0 saturated carbocycles. The topological polar surface area (TPSA) is 92.8 Å². The fourth-order valence-corrected chi connectivity index (χ4v) is 4.36. The zero-order valence-corrected chi connectivity index (χ0v) is 19.1. The molecular formula is C23H28N2O5S. The molecule has 0 atom stereocenters. The van der Waals surface area contributed by atoms with Crippen LogP contribution in [0.15, 0.2) is 59.5 Å². The summed E-state index contributed by atoms with van der Waals surface area (Å²) in [5.74, 6) is -1.15. The summed E-state index contributed by atoms with van der Waals surface area (Å²) in [4.78, 5) is 26.6. The molecule has 0 radical (unpaired) electrons. The fraction of sp³-hybridized carbons (Fsp3) is 0.304. The summed E-state index contributed by atoms with van der Waals surface area (Å²) in [7, 11) is -3.93. The summed E-state index contributed by atoms with van der Waals surface area (Å²) in [5.41, 5.74) is 2.29. The molecule has 0 saturated heterocycles. The predicted octanol–water partition coefficient (Wildman–Crippen LogP) is 3.69. The SMILES string of the molecule is C=C(C)CN(CC)C(=O)COC(=O)c1ccccc1NS(=O)(=O)c1cc(C)ccc1C. The number of hydrogen-bond acceptors (Lipinski definition) is 5. The number of hydrogen-bond donors (Lipinski definition) is 1. The van der Waals surface area contributed by atoms with E-state index in [9.17, 15) is 18.0 Å². The van der Waals surface area contributed by atoms with Crippen molar-refractivity contribution in [3.63, 3.8) is 0 Å². The normalized spacial score (nSPS) is 11.0. The molecule has 2 aromatic rings. The van der Waals surface area contributed by atoms with Crippen LogP contribution in [-0.2, 0) is 19.6 Å². The van der Waals surface area contributed by atoms with Gasteiger partial charge < -0.3 is 9.64 Å². The first-order valence-corrected chi connectivity index (χ1v) is 11.3. The average Bonchev–Trinajstić information content (AvgIpc) is 2.71. The van der Waals surface area contributed by atoms with Crippen LogP contribution in [0.3, 0.4) is 0 Å². The van der Waals surface area contributed by atoms with E-state index in [-0.39, 0.29) is 22.1 Å². The molecule has 2 aromatic carbocycles. The highest BCUT2D eigenvalue weighted by atomic mass is 32.2. The molecule has 7 nitrogen and oxygen atoms in total. The average molecular weight is 445 g/mol. The van der Waals surface area contributed by atoms with Crippen LogP contribution in [0, 0.1) is 13.8 Å². The third-order valence-corrected chi connectivity index (χ3v) is 6.05. The first kappa shape index (κ1) is 24.1. The molecule has 8 heteroatoms. The first-order chi connectivity index (χ1) is 14.5. The molecule has 0 bridgehead atoms. The molecule has 1 amide bonds. The number of esters is 1. The highest BCUT2D eigenvalue weighted by Gasteiger charge is 2.22. The number of nitrogens with zero attached hydrogens (tertiary/aromatic N) is 1. The quantitative estimate of drug-likeness (QED) is 0.470. The van der Waals surface area contributed by atoms with Crippen molar-refractivity contribution in [3.8, 4) is 0 Å². The number of carbonyl (C=O) groups is 2. The van der Waals surface area contributed by atoms with Gasteiger partial charge in [0.1, 0.15) is 0 Å². The van der Waals surface area contributed by atoms with Gasteiger partial charge in [0.15, 0.2) is 6.61 Å². The highest BCUT2D eigenvalue weighted by Crippen LogP contribution is 2.23. The van der Waals surface area contributed by atoms with Crippen molar-refractivity contribution in [1.82, 2.24) is 4.90 Å². The van der Waals surface area contributed by atoms with Crippen LogP contribution in [0.2, 0.25) is 0 Å². The number of amides is 1. The molecule has 166 valence electrons. The maximum absolute atomic E-state index is 12.9. The van der Waals surface area contributed by atoms with Crippen molar-refractivity contribution in [2.75, 3.05) is 24.4 Å². The Bertz CT molecular complexity index is 1090. The zero-order chi connectivity index (χ0) is 23.2. The second-order valence-electron chi connectivity index (χ2n) is 7.36. The largest absolute Gasteiger partial charge is 0.452 e. The van der Waals surface area contributed by atoms with Crippen molar-refractivity contribution in [2.24, 2.45) is 0 Å². The third kappa shape index (κ3) is 6.42. The van der Waals surface area contributed by atoms with Gasteiger partial charge in [-0.25, -0.2) is 13.2 Å². The summed E-state index contributed by atoms with van der Waals surface area (Å²) in [5, 5.41) is 0. The Morgan fingerprint density at radius 3 is 2.45 bits per heavy atom. The van der Waals surface area contributed by atoms with Gasteiger partial charge in [-0.3, -0.25) is 9.52 Å². The van der Waals surface area contributed by atoms with E-state index in [0.717, 1.165) is 11.1 Å². The number of sulfonamides is 1. The van der Waals surface area contributed by atoms with Crippen molar-refractivity contribution in [3.05, 3.63) is 71.3 Å². The lowest BCUT2D eigenvalue weighted by Crippen LogP contribution is -2.35. The van der Waals surface area contributed by atoms with Crippen molar-refractivity contribution in [2.45, 2.75) is 32.6 Å². The van der Waals surface area contributed by atoms with Gasteiger partial charge in [-0.1, -0.05) is 36.4 Å². The second kappa shape index (κ2) is 10.3. The summed E-state index contributed by atoms with van der Waals surface area (Å²) in [6.07, 6.45) is 0. The number of aryl methyl sites for hydroxylation is 2. The van der Waals surface area contributed by atoms with Gasteiger partial charge in [0.05, 0.1) is 16.1 Å². The van der Waals surface area contributed by atoms with E-state index in [1.807, 2.05) is 13.0 Å². The van der Waals surface area contributed by atoms with E-state index in [2.05, 4.69) is 11.3 Å². The molecule has 0 aliphatic heterocycles. The summed E-state index contributed by atoms with van der Waals surface area (Å²) >= 11 is 0. The van der Waals surface area contributed by atoms with Gasteiger partial charge in [-0.15, -0.1) is 0 Å². The number of rotatable bonds is 9. The molecule has 0 aromatic heterocycles. The van der Waals surface area contributed by atoms with Crippen LogP contribution in [-0.4, -0.2) is 44.9 Å². The van der Waals surface area contributed by atoms with Crippen molar-refractivity contribution in [1.29, 1.82) is 0 Å². The molecule has 0 heterocycles. The Kier molecular flexibility index (Phi) is 7.99. The van der Waals surface area contributed by atoms with E-state index in [1.54, 1.807) is 45.0 Å².